The van der Waals surface area contributed by atoms with Crippen LogP contribution in [-0.4, -0.2) is 41.5 Å². The summed E-state index contributed by atoms with van der Waals surface area (Å²) in [7, 11) is 4.87. The highest BCUT2D eigenvalue weighted by Gasteiger charge is 2.15. The first-order valence-electron chi connectivity index (χ1n) is 7.62. The fraction of sp³-hybridized carbons (Fsp3) is 0.235. The average Bonchev–Trinajstić information content (AvgIpc) is 3.14. The topological polar surface area (TPSA) is 71.3 Å². The quantitative estimate of drug-likeness (QED) is 0.522. The Labute approximate surface area is 163 Å². The van der Waals surface area contributed by atoms with E-state index in [1.165, 1.54) is 11.8 Å². The van der Waals surface area contributed by atoms with E-state index in [9.17, 15) is 0 Å². The predicted octanol–water partition coefficient (Wildman–Crippen LogP) is 3.74. The third kappa shape index (κ3) is 3.94. The molecule has 1 heterocycles. The molecule has 3 aromatic rings. The summed E-state index contributed by atoms with van der Waals surface area (Å²) in [4.78, 5) is 0. The number of aromatic nitrogens is 4. The Hall–Kier alpha value is -2.26. The minimum absolute atomic E-state index is 0.638. The van der Waals surface area contributed by atoms with Crippen LogP contribution in [0.1, 0.15) is 5.56 Å². The highest BCUT2D eigenvalue weighted by atomic mass is 79.9. The van der Waals surface area contributed by atoms with E-state index >= 15 is 0 Å². The molecule has 0 fully saturated rings. The van der Waals surface area contributed by atoms with Crippen LogP contribution in [0.3, 0.4) is 0 Å². The van der Waals surface area contributed by atoms with Gasteiger partial charge in [-0.25, -0.2) is 0 Å². The van der Waals surface area contributed by atoms with Crippen molar-refractivity contribution in [3.8, 4) is 22.9 Å². The van der Waals surface area contributed by atoms with Crippen LogP contribution in [0.2, 0.25) is 0 Å². The van der Waals surface area contributed by atoms with Gasteiger partial charge in [0.05, 0.1) is 21.3 Å². The van der Waals surface area contributed by atoms with Crippen LogP contribution in [0.15, 0.2) is 46.0 Å². The molecule has 7 nitrogen and oxygen atoms in total. The van der Waals surface area contributed by atoms with Crippen LogP contribution in [0, 0.1) is 0 Å². The standard InChI is InChI=1S/C17H17BrN4O3S/c1-23-13-5-7-16(25-3)14(9-13)22-17(19-20-21-22)26-10-11-8-12(18)4-6-15(11)24-2/h4-9H,10H2,1-3H3. The molecule has 0 atom stereocenters. The zero-order chi connectivity index (χ0) is 18.5. The number of rotatable bonds is 7. The fourth-order valence-electron chi connectivity index (χ4n) is 2.38. The maximum atomic E-state index is 5.43. The number of benzene rings is 2. The van der Waals surface area contributed by atoms with Crippen LogP contribution in [-0.2, 0) is 5.75 Å². The number of hydrogen-bond donors (Lipinski definition) is 0. The van der Waals surface area contributed by atoms with Crippen LogP contribution in [0.4, 0.5) is 0 Å². The zero-order valence-electron chi connectivity index (χ0n) is 14.5. The van der Waals surface area contributed by atoms with E-state index in [2.05, 4.69) is 31.5 Å². The molecule has 0 amide bonds. The first-order valence-corrected chi connectivity index (χ1v) is 9.40. The Morgan fingerprint density at radius 2 is 1.77 bits per heavy atom. The van der Waals surface area contributed by atoms with Crippen molar-refractivity contribution < 1.29 is 14.2 Å². The largest absolute Gasteiger partial charge is 0.497 e. The SMILES string of the molecule is COc1ccc(OC)c(-n2nnnc2SCc2cc(Br)ccc2OC)c1. The lowest BCUT2D eigenvalue weighted by Gasteiger charge is -2.12. The fourth-order valence-corrected chi connectivity index (χ4v) is 3.65. The summed E-state index contributed by atoms with van der Waals surface area (Å²) in [6.07, 6.45) is 0. The minimum Gasteiger partial charge on any atom is -0.497 e. The van der Waals surface area contributed by atoms with Gasteiger partial charge in [0.1, 0.15) is 22.9 Å². The van der Waals surface area contributed by atoms with E-state index in [0.717, 1.165) is 15.8 Å². The number of nitrogens with zero attached hydrogens (tertiary/aromatic N) is 4. The van der Waals surface area contributed by atoms with E-state index in [0.29, 0.717) is 28.1 Å². The Balaban J connectivity index is 1.90. The van der Waals surface area contributed by atoms with E-state index < -0.39 is 0 Å². The van der Waals surface area contributed by atoms with Gasteiger partial charge in [0, 0.05) is 21.9 Å². The van der Waals surface area contributed by atoms with Gasteiger partial charge in [-0.05, 0) is 40.8 Å². The molecule has 0 unspecified atom stereocenters. The van der Waals surface area contributed by atoms with E-state index in [1.807, 2.05) is 36.4 Å². The van der Waals surface area contributed by atoms with Gasteiger partial charge < -0.3 is 14.2 Å². The van der Waals surface area contributed by atoms with Crippen LogP contribution in [0.5, 0.6) is 17.2 Å². The van der Waals surface area contributed by atoms with Gasteiger partial charge in [0.25, 0.3) is 0 Å². The molecule has 0 aliphatic carbocycles. The molecule has 0 saturated heterocycles. The van der Waals surface area contributed by atoms with Crippen molar-refractivity contribution in [3.05, 3.63) is 46.4 Å². The Kier molecular flexibility index (Phi) is 6.00. The van der Waals surface area contributed by atoms with Crippen LogP contribution in [0.25, 0.3) is 5.69 Å². The van der Waals surface area contributed by atoms with Gasteiger partial charge in [-0.3, -0.25) is 0 Å². The van der Waals surface area contributed by atoms with Gasteiger partial charge in [-0.1, -0.05) is 27.7 Å². The highest BCUT2D eigenvalue weighted by Crippen LogP contribution is 2.32. The molecule has 0 spiro atoms. The molecular weight excluding hydrogens is 420 g/mol. The number of thioether (sulfide) groups is 1. The van der Waals surface area contributed by atoms with Crippen molar-refractivity contribution in [2.75, 3.05) is 21.3 Å². The predicted molar refractivity (Wildman–Crippen MR) is 103 cm³/mol. The molecule has 26 heavy (non-hydrogen) atoms. The lowest BCUT2D eigenvalue weighted by molar-refractivity contribution is 0.399. The van der Waals surface area contributed by atoms with Crippen molar-refractivity contribution in [2.24, 2.45) is 0 Å². The molecule has 9 heteroatoms. The molecule has 0 bridgehead atoms. The molecular formula is C17H17BrN4O3S. The molecule has 3 rings (SSSR count). The molecule has 136 valence electrons. The second-order valence-corrected chi connectivity index (χ2v) is 7.01. The lowest BCUT2D eigenvalue weighted by atomic mass is 10.2. The Morgan fingerprint density at radius 3 is 2.50 bits per heavy atom. The summed E-state index contributed by atoms with van der Waals surface area (Å²) < 4.78 is 18.8. The second kappa shape index (κ2) is 8.41. The van der Waals surface area contributed by atoms with Crippen molar-refractivity contribution in [3.63, 3.8) is 0 Å². The highest BCUT2D eigenvalue weighted by molar-refractivity contribution is 9.10. The van der Waals surface area contributed by atoms with Gasteiger partial charge in [-0.15, -0.1) is 5.10 Å². The number of methoxy groups -OCH3 is 3. The van der Waals surface area contributed by atoms with Crippen molar-refractivity contribution in [1.29, 1.82) is 0 Å². The summed E-state index contributed by atoms with van der Waals surface area (Å²) in [5.74, 6) is 2.81. The van der Waals surface area contributed by atoms with Crippen molar-refractivity contribution in [1.82, 2.24) is 20.2 Å². The molecule has 0 aliphatic rings. The molecule has 1 aromatic heterocycles. The molecule has 0 saturated carbocycles. The lowest BCUT2D eigenvalue weighted by Crippen LogP contribution is -2.03. The number of ether oxygens (including phenoxy) is 3. The third-order valence-electron chi connectivity index (χ3n) is 3.65. The number of halogens is 1. The normalized spacial score (nSPS) is 10.6. The minimum atomic E-state index is 0.638. The van der Waals surface area contributed by atoms with E-state index in [-0.39, 0.29) is 0 Å². The molecule has 0 radical (unpaired) electrons. The Bertz CT molecular complexity index is 903. The molecule has 0 N–H and O–H groups in total. The summed E-state index contributed by atoms with van der Waals surface area (Å²) in [5, 5.41) is 12.7. The van der Waals surface area contributed by atoms with Crippen LogP contribution < -0.4 is 14.2 Å². The van der Waals surface area contributed by atoms with Gasteiger partial charge in [0.2, 0.25) is 5.16 Å². The van der Waals surface area contributed by atoms with Crippen LogP contribution >= 0.6 is 27.7 Å². The average molecular weight is 437 g/mol. The second-order valence-electron chi connectivity index (χ2n) is 5.16. The van der Waals surface area contributed by atoms with Gasteiger partial charge >= 0.3 is 0 Å². The smallest absolute Gasteiger partial charge is 0.214 e. The monoisotopic (exact) mass is 436 g/mol. The maximum absolute atomic E-state index is 5.43. The third-order valence-corrected chi connectivity index (χ3v) is 5.12. The van der Waals surface area contributed by atoms with E-state index in [4.69, 9.17) is 14.2 Å². The first-order chi connectivity index (χ1) is 12.7. The zero-order valence-corrected chi connectivity index (χ0v) is 16.9. The van der Waals surface area contributed by atoms with E-state index in [1.54, 1.807) is 26.0 Å². The van der Waals surface area contributed by atoms with Gasteiger partial charge in [-0.2, -0.15) is 4.68 Å². The number of hydrogen-bond acceptors (Lipinski definition) is 7. The van der Waals surface area contributed by atoms with Crippen molar-refractivity contribution >= 4 is 27.7 Å². The molecule has 0 aliphatic heterocycles. The first kappa shape index (κ1) is 18.5. The molecule has 2 aromatic carbocycles. The summed E-state index contributed by atoms with van der Waals surface area (Å²) >= 11 is 4.99. The van der Waals surface area contributed by atoms with Gasteiger partial charge in [0.15, 0.2) is 0 Å². The summed E-state index contributed by atoms with van der Waals surface area (Å²) in [5.41, 5.74) is 1.75. The maximum Gasteiger partial charge on any atom is 0.214 e. The number of tetrazole rings is 1. The van der Waals surface area contributed by atoms with Crippen molar-refractivity contribution in [2.45, 2.75) is 10.9 Å². The summed E-state index contributed by atoms with van der Waals surface area (Å²) in [6.45, 7) is 0. The Morgan fingerprint density at radius 1 is 1.00 bits per heavy atom. The summed E-state index contributed by atoms with van der Waals surface area (Å²) in [6, 6.07) is 11.4.